The molecule has 8 nitrogen and oxygen atoms in total. The zero-order valence-corrected chi connectivity index (χ0v) is 16.7. The lowest BCUT2D eigenvalue weighted by atomic mass is 9.99. The van der Waals surface area contributed by atoms with Crippen LogP contribution in [0.3, 0.4) is 0 Å². The number of alkyl carbamates (subject to hydrolysis) is 1. The van der Waals surface area contributed by atoms with Crippen LogP contribution in [-0.4, -0.2) is 31.7 Å². The van der Waals surface area contributed by atoms with E-state index in [1.165, 1.54) is 12.8 Å². The van der Waals surface area contributed by atoms with Gasteiger partial charge in [-0.2, -0.15) is 0 Å². The molecule has 2 heterocycles. The van der Waals surface area contributed by atoms with Gasteiger partial charge in [0.25, 0.3) is 0 Å². The molecule has 1 aliphatic rings. The van der Waals surface area contributed by atoms with Gasteiger partial charge in [0.15, 0.2) is 0 Å². The number of carbonyl (C=O) groups excluding carboxylic acids is 1. The third-order valence-corrected chi connectivity index (χ3v) is 4.59. The summed E-state index contributed by atoms with van der Waals surface area (Å²) < 4.78 is 13.1. The number of oxazole rings is 1. The van der Waals surface area contributed by atoms with Crippen molar-refractivity contribution in [3.8, 4) is 0 Å². The largest absolute Gasteiger partial charge is 0.444 e. The zero-order valence-electron chi connectivity index (χ0n) is 16.7. The molecule has 0 spiro atoms. The number of ether oxygens (including phenoxy) is 1. The van der Waals surface area contributed by atoms with Gasteiger partial charge in [0.2, 0.25) is 5.89 Å². The number of hydrogen-bond acceptors (Lipinski definition) is 6. The van der Waals surface area contributed by atoms with Crippen LogP contribution in [0.15, 0.2) is 16.8 Å². The Morgan fingerprint density at radius 3 is 2.81 bits per heavy atom. The van der Waals surface area contributed by atoms with E-state index in [2.05, 4.69) is 27.5 Å². The molecule has 1 saturated carbocycles. The van der Waals surface area contributed by atoms with E-state index in [1.807, 2.05) is 33.9 Å². The summed E-state index contributed by atoms with van der Waals surface area (Å²) in [7, 11) is 0. The fourth-order valence-electron chi connectivity index (χ4n) is 2.77. The standard InChI is InChI=1S/C19H29N5O3/c1-6-12(2)16(21-18(25)27-19(3,4)5)17-20-9-14(26-17)10-24-11-15(22-23-24)13-7-8-13/h9,11-13,16H,6-8,10H2,1-5H3,(H,21,25)/t12-,16-/m0/s1. The van der Waals surface area contributed by atoms with Gasteiger partial charge in [-0.05, 0) is 39.5 Å². The summed E-state index contributed by atoms with van der Waals surface area (Å²) in [5.41, 5.74) is 0.483. The van der Waals surface area contributed by atoms with Crippen LogP contribution in [0.2, 0.25) is 0 Å². The lowest BCUT2D eigenvalue weighted by molar-refractivity contribution is 0.0474. The highest BCUT2D eigenvalue weighted by molar-refractivity contribution is 5.68. The van der Waals surface area contributed by atoms with Crippen LogP contribution in [0.1, 0.15) is 83.2 Å². The van der Waals surface area contributed by atoms with Crippen molar-refractivity contribution in [2.75, 3.05) is 0 Å². The maximum absolute atomic E-state index is 12.2. The molecule has 2 aromatic heterocycles. The number of amides is 1. The summed E-state index contributed by atoms with van der Waals surface area (Å²) in [5.74, 6) is 1.87. The second-order valence-electron chi connectivity index (χ2n) is 8.29. The average molecular weight is 375 g/mol. The normalized spacial score (nSPS) is 16.8. The Balaban J connectivity index is 1.68. The van der Waals surface area contributed by atoms with Gasteiger partial charge in [-0.3, -0.25) is 0 Å². The van der Waals surface area contributed by atoms with E-state index in [0.29, 0.717) is 24.1 Å². The number of aromatic nitrogens is 4. The first-order chi connectivity index (χ1) is 12.7. The van der Waals surface area contributed by atoms with Crippen molar-refractivity contribution < 1.29 is 13.9 Å². The van der Waals surface area contributed by atoms with Crippen LogP contribution in [0.25, 0.3) is 0 Å². The fraction of sp³-hybridized carbons (Fsp3) is 0.684. The molecule has 27 heavy (non-hydrogen) atoms. The highest BCUT2D eigenvalue weighted by Gasteiger charge is 2.28. The van der Waals surface area contributed by atoms with Gasteiger partial charge >= 0.3 is 6.09 Å². The van der Waals surface area contributed by atoms with Gasteiger partial charge in [-0.1, -0.05) is 25.5 Å². The lowest BCUT2D eigenvalue weighted by Crippen LogP contribution is -2.37. The Bertz CT molecular complexity index is 772. The highest BCUT2D eigenvalue weighted by atomic mass is 16.6. The maximum Gasteiger partial charge on any atom is 0.408 e. The molecule has 0 radical (unpaired) electrons. The Labute approximate surface area is 159 Å². The number of rotatable bonds is 7. The van der Waals surface area contributed by atoms with Crippen LogP contribution < -0.4 is 5.32 Å². The monoisotopic (exact) mass is 375 g/mol. The van der Waals surface area contributed by atoms with Crippen LogP contribution >= 0.6 is 0 Å². The summed E-state index contributed by atoms with van der Waals surface area (Å²) in [6.07, 6.45) is 6.42. The zero-order chi connectivity index (χ0) is 19.6. The molecule has 0 saturated heterocycles. The van der Waals surface area contributed by atoms with Gasteiger partial charge in [0.05, 0.1) is 11.9 Å². The third kappa shape index (κ3) is 5.30. The molecule has 0 aromatic carbocycles. The van der Waals surface area contributed by atoms with Crippen molar-refractivity contribution in [3.63, 3.8) is 0 Å². The smallest absolute Gasteiger partial charge is 0.408 e. The number of hydrogen-bond donors (Lipinski definition) is 1. The van der Waals surface area contributed by atoms with Crippen molar-refractivity contribution in [2.45, 2.75) is 78.0 Å². The quantitative estimate of drug-likeness (QED) is 0.791. The molecule has 1 N–H and O–H groups in total. The summed E-state index contributed by atoms with van der Waals surface area (Å²) in [6.45, 7) is 10.1. The first-order valence-corrected chi connectivity index (χ1v) is 9.59. The van der Waals surface area contributed by atoms with E-state index in [9.17, 15) is 4.79 Å². The van der Waals surface area contributed by atoms with E-state index < -0.39 is 11.7 Å². The first-order valence-electron chi connectivity index (χ1n) is 9.59. The van der Waals surface area contributed by atoms with Gasteiger partial charge in [0, 0.05) is 12.1 Å². The van der Waals surface area contributed by atoms with Crippen LogP contribution in [0.5, 0.6) is 0 Å². The first kappa shape index (κ1) is 19.4. The Morgan fingerprint density at radius 1 is 1.44 bits per heavy atom. The number of carbonyl (C=O) groups is 1. The molecular formula is C19H29N5O3. The average Bonchev–Trinajstić information content (AvgIpc) is 3.16. The maximum atomic E-state index is 12.2. The predicted molar refractivity (Wildman–Crippen MR) is 99.2 cm³/mol. The SMILES string of the molecule is CC[C@H](C)[C@H](NC(=O)OC(C)(C)C)c1ncc(Cn2cc(C3CC3)nn2)o1. The molecule has 1 amide bonds. The molecule has 2 atom stereocenters. The fourth-order valence-corrected chi connectivity index (χ4v) is 2.77. The summed E-state index contributed by atoms with van der Waals surface area (Å²) in [6, 6.07) is -0.351. The minimum atomic E-state index is -0.557. The highest BCUT2D eigenvalue weighted by Crippen LogP contribution is 2.38. The molecule has 1 fully saturated rings. The second kappa shape index (κ2) is 7.70. The Kier molecular flexibility index (Phi) is 5.53. The lowest BCUT2D eigenvalue weighted by Gasteiger charge is -2.25. The van der Waals surface area contributed by atoms with E-state index in [4.69, 9.17) is 9.15 Å². The summed E-state index contributed by atoms with van der Waals surface area (Å²) in [4.78, 5) is 16.6. The number of nitrogens with one attached hydrogen (secondary N) is 1. The molecule has 0 aliphatic heterocycles. The van der Waals surface area contributed by atoms with Crippen LogP contribution in [0.4, 0.5) is 4.79 Å². The van der Waals surface area contributed by atoms with Crippen molar-refractivity contribution in [1.29, 1.82) is 0 Å². The summed E-state index contributed by atoms with van der Waals surface area (Å²) >= 11 is 0. The molecule has 0 unspecified atom stereocenters. The Hall–Kier alpha value is -2.38. The van der Waals surface area contributed by atoms with E-state index in [1.54, 1.807) is 10.9 Å². The van der Waals surface area contributed by atoms with Crippen molar-refractivity contribution in [2.24, 2.45) is 5.92 Å². The van der Waals surface area contributed by atoms with Gasteiger partial charge < -0.3 is 14.5 Å². The van der Waals surface area contributed by atoms with E-state index >= 15 is 0 Å². The van der Waals surface area contributed by atoms with Gasteiger partial charge in [-0.25, -0.2) is 14.5 Å². The molecule has 3 rings (SSSR count). The summed E-state index contributed by atoms with van der Waals surface area (Å²) in [5, 5.41) is 11.3. The third-order valence-electron chi connectivity index (χ3n) is 4.59. The molecule has 2 aromatic rings. The molecule has 8 heteroatoms. The molecular weight excluding hydrogens is 346 g/mol. The predicted octanol–water partition coefficient (Wildman–Crippen LogP) is 3.80. The molecule has 0 bridgehead atoms. The van der Waals surface area contributed by atoms with Crippen LogP contribution in [-0.2, 0) is 11.3 Å². The number of nitrogens with zero attached hydrogens (tertiary/aromatic N) is 4. The van der Waals surface area contributed by atoms with Crippen molar-refractivity contribution >= 4 is 6.09 Å². The topological polar surface area (TPSA) is 95.1 Å². The minimum Gasteiger partial charge on any atom is -0.444 e. The van der Waals surface area contributed by atoms with Crippen LogP contribution in [0, 0.1) is 5.92 Å². The second-order valence-corrected chi connectivity index (χ2v) is 8.29. The van der Waals surface area contributed by atoms with Crippen molar-refractivity contribution in [3.05, 3.63) is 29.7 Å². The van der Waals surface area contributed by atoms with E-state index in [-0.39, 0.29) is 12.0 Å². The van der Waals surface area contributed by atoms with E-state index in [0.717, 1.165) is 12.1 Å². The minimum absolute atomic E-state index is 0.150. The molecule has 1 aliphatic carbocycles. The van der Waals surface area contributed by atoms with Gasteiger partial charge in [0.1, 0.15) is 23.9 Å². The Morgan fingerprint density at radius 2 is 2.19 bits per heavy atom. The van der Waals surface area contributed by atoms with Gasteiger partial charge in [-0.15, -0.1) is 5.10 Å². The molecule has 148 valence electrons. The van der Waals surface area contributed by atoms with Crippen molar-refractivity contribution in [1.82, 2.24) is 25.3 Å².